The van der Waals surface area contributed by atoms with Crippen LogP contribution in [-0.4, -0.2) is 24.1 Å². The molecule has 0 atom stereocenters. The number of hydrogen-bond acceptors (Lipinski definition) is 4. The third-order valence-corrected chi connectivity index (χ3v) is 4.67. The van der Waals surface area contributed by atoms with Crippen molar-refractivity contribution in [2.24, 2.45) is 0 Å². The SMILES string of the molecule is c1ccc(COc2ccc(NC3CCNCC3)c3cccnc23)cc1. The van der Waals surface area contributed by atoms with Crippen LogP contribution in [0.5, 0.6) is 5.75 Å². The number of hydrogen-bond donors (Lipinski definition) is 2. The van der Waals surface area contributed by atoms with E-state index in [-0.39, 0.29) is 0 Å². The second-order valence-corrected chi connectivity index (χ2v) is 6.45. The Morgan fingerprint density at radius 3 is 2.68 bits per heavy atom. The van der Waals surface area contributed by atoms with Crippen molar-refractivity contribution >= 4 is 16.6 Å². The van der Waals surface area contributed by atoms with Gasteiger partial charge in [-0.25, -0.2) is 0 Å². The molecular formula is C21H23N3O. The molecule has 0 unspecified atom stereocenters. The van der Waals surface area contributed by atoms with Crippen LogP contribution in [0.2, 0.25) is 0 Å². The molecule has 1 fully saturated rings. The monoisotopic (exact) mass is 333 g/mol. The molecule has 25 heavy (non-hydrogen) atoms. The van der Waals surface area contributed by atoms with E-state index >= 15 is 0 Å². The smallest absolute Gasteiger partial charge is 0.146 e. The second kappa shape index (κ2) is 7.53. The Balaban J connectivity index is 1.57. The lowest BCUT2D eigenvalue weighted by molar-refractivity contribution is 0.309. The number of aromatic nitrogens is 1. The lowest BCUT2D eigenvalue weighted by atomic mass is 10.1. The summed E-state index contributed by atoms with van der Waals surface area (Å²) < 4.78 is 6.05. The summed E-state index contributed by atoms with van der Waals surface area (Å²) in [5.41, 5.74) is 3.21. The highest BCUT2D eigenvalue weighted by molar-refractivity contribution is 5.95. The highest BCUT2D eigenvalue weighted by Crippen LogP contribution is 2.31. The van der Waals surface area contributed by atoms with Crippen LogP contribution in [0.1, 0.15) is 18.4 Å². The van der Waals surface area contributed by atoms with Crippen molar-refractivity contribution in [3.8, 4) is 5.75 Å². The van der Waals surface area contributed by atoms with Crippen molar-refractivity contribution in [1.29, 1.82) is 0 Å². The summed E-state index contributed by atoms with van der Waals surface area (Å²) in [6.07, 6.45) is 4.12. The molecule has 0 spiro atoms. The van der Waals surface area contributed by atoms with Gasteiger partial charge in [0.1, 0.15) is 17.9 Å². The van der Waals surface area contributed by atoms with Gasteiger partial charge in [0.15, 0.2) is 0 Å². The topological polar surface area (TPSA) is 46.2 Å². The van der Waals surface area contributed by atoms with E-state index < -0.39 is 0 Å². The van der Waals surface area contributed by atoms with Crippen LogP contribution in [0, 0.1) is 0 Å². The van der Waals surface area contributed by atoms with Crippen molar-refractivity contribution < 1.29 is 4.74 Å². The molecule has 1 aromatic heterocycles. The summed E-state index contributed by atoms with van der Waals surface area (Å²) in [6, 6.07) is 19.0. The molecule has 4 rings (SSSR count). The van der Waals surface area contributed by atoms with Gasteiger partial charge in [-0.3, -0.25) is 4.98 Å². The molecule has 0 amide bonds. The molecule has 0 radical (unpaired) electrons. The number of pyridine rings is 1. The maximum atomic E-state index is 6.05. The van der Waals surface area contributed by atoms with E-state index in [2.05, 4.69) is 39.9 Å². The van der Waals surface area contributed by atoms with Gasteiger partial charge in [-0.2, -0.15) is 0 Å². The van der Waals surface area contributed by atoms with Crippen LogP contribution in [-0.2, 0) is 6.61 Å². The second-order valence-electron chi connectivity index (χ2n) is 6.45. The van der Waals surface area contributed by atoms with Gasteiger partial charge in [0.05, 0.1) is 0 Å². The Kier molecular flexibility index (Phi) is 4.79. The first-order valence-corrected chi connectivity index (χ1v) is 8.92. The van der Waals surface area contributed by atoms with Crippen molar-refractivity contribution in [1.82, 2.24) is 10.3 Å². The van der Waals surface area contributed by atoms with E-state index in [1.807, 2.05) is 36.5 Å². The zero-order valence-electron chi connectivity index (χ0n) is 14.2. The molecule has 4 nitrogen and oxygen atoms in total. The van der Waals surface area contributed by atoms with Gasteiger partial charge < -0.3 is 15.4 Å². The molecule has 1 aliphatic rings. The van der Waals surface area contributed by atoms with Crippen LogP contribution in [0.3, 0.4) is 0 Å². The number of anilines is 1. The molecule has 0 saturated carbocycles. The van der Waals surface area contributed by atoms with Gasteiger partial charge in [0.2, 0.25) is 0 Å². The van der Waals surface area contributed by atoms with Crippen molar-refractivity contribution in [3.63, 3.8) is 0 Å². The fourth-order valence-electron chi connectivity index (χ4n) is 3.31. The minimum atomic E-state index is 0.515. The maximum Gasteiger partial charge on any atom is 0.146 e. The van der Waals surface area contributed by atoms with Crippen LogP contribution in [0.25, 0.3) is 10.9 Å². The molecule has 128 valence electrons. The number of ether oxygens (including phenoxy) is 1. The highest BCUT2D eigenvalue weighted by atomic mass is 16.5. The fraction of sp³-hybridized carbons (Fsp3) is 0.286. The fourth-order valence-corrected chi connectivity index (χ4v) is 3.31. The summed E-state index contributed by atoms with van der Waals surface area (Å²) in [7, 11) is 0. The van der Waals surface area contributed by atoms with Crippen LogP contribution in [0.15, 0.2) is 60.8 Å². The minimum Gasteiger partial charge on any atom is -0.487 e. The molecule has 1 saturated heterocycles. The van der Waals surface area contributed by atoms with Gasteiger partial charge in [0.25, 0.3) is 0 Å². The first-order chi connectivity index (χ1) is 12.4. The van der Waals surface area contributed by atoms with Gasteiger partial charge in [-0.1, -0.05) is 30.3 Å². The normalized spacial score (nSPS) is 15.2. The molecule has 0 aliphatic carbocycles. The Morgan fingerprint density at radius 1 is 1.00 bits per heavy atom. The van der Waals surface area contributed by atoms with E-state index in [0.29, 0.717) is 12.6 Å². The Hall–Kier alpha value is -2.59. The summed E-state index contributed by atoms with van der Waals surface area (Å²) in [6.45, 7) is 2.70. The quantitative estimate of drug-likeness (QED) is 0.741. The van der Waals surface area contributed by atoms with Gasteiger partial charge in [-0.15, -0.1) is 0 Å². The summed E-state index contributed by atoms with van der Waals surface area (Å²) in [4.78, 5) is 4.57. The molecular weight excluding hydrogens is 310 g/mol. The number of rotatable bonds is 5. The number of nitrogens with one attached hydrogen (secondary N) is 2. The molecule has 2 N–H and O–H groups in total. The first kappa shape index (κ1) is 15.9. The molecule has 2 heterocycles. The van der Waals surface area contributed by atoms with E-state index in [1.165, 1.54) is 0 Å². The minimum absolute atomic E-state index is 0.515. The molecule has 1 aliphatic heterocycles. The third kappa shape index (κ3) is 3.74. The van der Waals surface area contributed by atoms with Crippen molar-refractivity contribution in [2.75, 3.05) is 18.4 Å². The van der Waals surface area contributed by atoms with Gasteiger partial charge in [0, 0.05) is 23.3 Å². The lowest BCUT2D eigenvalue weighted by Gasteiger charge is -2.25. The average Bonchev–Trinajstić information content (AvgIpc) is 2.69. The zero-order chi connectivity index (χ0) is 16.9. The van der Waals surface area contributed by atoms with E-state index in [1.54, 1.807) is 0 Å². The summed E-state index contributed by atoms with van der Waals surface area (Å²) in [5.74, 6) is 0.829. The van der Waals surface area contributed by atoms with E-state index in [9.17, 15) is 0 Å². The number of fused-ring (bicyclic) bond motifs is 1. The Labute approximate surface area is 148 Å². The summed E-state index contributed by atoms with van der Waals surface area (Å²) in [5, 5.41) is 8.21. The Morgan fingerprint density at radius 2 is 1.84 bits per heavy atom. The van der Waals surface area contributed by atoms with Crippen LogP contribution >= 0.6 is 0 Å². The molecule has 0 bridgehead atoms. The van der Waals surface area contributed by atoms with Crippen LogP contribution in [0.4, 0.5) is 5.69 Å². The molecule has 2 aromatic carbocycles. The molecule has 4 heteroatoms. The van der Waals surface area contributed by atoms with Gasteiger partial charge >= 0.3 is 0 Å². The lowest BCUT2D eigenvalue weighted by Crippen LogP contribution is -2.35. The maximum absolute atomic E-state index is 6.05. The standard InChI is InChI=1S/C21H23N3O/c1-2-5-16(6-3-1)15-25-20-9-8-19(18-7-4-12-23-21(18)20)24-17-10-13-22-14-11-17/h1-9,12,17,22,24H,10-11,13-15H2. The first-order valence-electron chi connectivity index (χ1n) is 8.92. The zero-order valence-corrected chi connectivity index (χ0v) is 14.2. The number of benzene rings is 2. The third-order valence-electron chi connectivity index (χ3n) is 4.67. The predicted octanol–water partition coefficient (Wildman–Crippen LogP) is 3.98. The van der Waals surface area contributed by atoms with Crippen LogP contribution < -0.4 is 15.4 Å². The summed E-state index contributed by atoms with van der Waals surface area (Å²) >= 11 is 0. The number of piperidine rings is 1. The average molecular weight is 333 g/mol. The molecule has 3 aromatic rings. The number of nitrogens with zero attached hydrogens (tertiary/aromatic N) is 1. The largest absolute Gasteiger partial charge is 0.487 e. The van der Waals surface area contributed by atoms with Crippen molar-refractivity contribution in [2.45, 2.75) is 25.5 Å². The van der Waals surface area contributed by atoms with Crippen molar-refractivity contribution in [3.05, 3.63) is 66.4 Å². The Bertz CT molecular complexity index is 829. The van der Waals surface area contributed by atoms with E-state index in [4.69, 9.17) is 4.74 Å². The van der Waals surface area contributed by atoms with Gasteiger partial charge in [-0.05, 0) is 55.8 Å². The van der Waals surface area contributed by atoms with E-state index in [0.717, 1.165) is 53.8 Å². The highest BCUT2D eigenvalue weighted by Gasteiger charge is 2.15. The predicted molar refractivity (Wildman–Crippen MR) is 102 cm³/mol.